The van der Waals surface area contributed by atoms with Gasteiger partial charge in [-0.3, -0.25) is 4.79 Å². The molecule has 0 radical (unpaired) electrons. The molecule has 4 nitrogen and oxygen atoms in total. The van der Waals surface area contributed by atoms with E-state index in [0.717, 1.165) is 109 Å². The maximum atomic E-state index is 12.5. The normalized spacial score (nSPS) is 13.7. The summed E-state index contributed by atoms with van der Waals surface area (Å²) >= 11 is 0. The van der Waals surface area contributed by atoms with Crippen LogP contribution in [0.15, 0.2) is 122 Å². The van der Waals surface area contributed by atoms with Crippen molar-refractivity contribution in [3.63, 3.8) is 0 Å². The van der Waals surface area contributed by atoms with Gasteiger partial charge >= 0.3 is 0 Å². The number of carbonyl (C=O) groups is 1. The molecule has 0 bridgehead atoms. The highest BCUT2D eigenvalue weighted by Crippen LogP contribution is 2.17. The number of hydrogen-bond donors (Lipinski definition) is 3. The van der Waals surface area contributed by atoms with Crippen molar-refractivity contribution in [1.29, 1.82) is 0 Å². The highest BCUT2D eigenvalue weighted by atomic mass is 16.3. The molecule has 2 unspecified atom stereocenters. The number of hydrogen-bond acceptors (Lipinski definition) is 3. The zero-order valence-corrected chi connectivity index (χ0v) is 46.0. The summed E-state index contributed by atoms with van der Waals surface area (Å²) < 4.78 is 0. The fraction of sp³-hybridized carbons (Fsp3) is 0.682. The minimum atomic E-state index is -0.681. The predicted octanol–water partition coefficient (Wildman–Crippen LogP) is 20.0. The lowest BCUT2D eigenvalue weighted by Crippen LogP contribution is -2.45. The molecular weight excluding hydrogens is 855 g/mol. The first-order chi connectivity index (χ1) is 34.7. The first-order valence-corrected chi connectivity index (χ1v) is 29.7. The van der Waals surface area contributed by atoms with Crippen molar-refractivity contribution in [1.82, 2.24) is 5.32 Å². The number of rotatable bonds is 53. The summed E-state index contributed by atoms with van der Waals surface area (Å²) in [6.45, 7) is 4.25. The molecule has 400 valence electrons. The largest absolute Gasteiger partial charge is 0.394 e. The Morgan fingerprint density at radius 3 is 0.943 bits per heavy atom. The smallest absolute Gasteiger partial charge is 0.220 e. The number of unbranched alkanes of at least 4 members (excludes halogenated alkanes) is 26. The predicted molar refractivity (Wildman–Crippen MR) is 312 cm³/mol. The van der Waals surface area contributed by atoms with Crippen molar-refractivity contribution in [2.24, 2.45) is 0 Å². The van der Waals surface area contributed by atoms with E-state index in [1.54, 1.807) is 0 Å². The zero-order chi connectivity index (χ0) is 50.6. The number of allylic oxidation sites excluding steroid dienone is 20. The van der Waals surface area contributed by atoms with Crippen LogP contribution >= 0.6 is 0 Å². The number of aliphatic hydroxyl groups is 2. The molecule has 2 atom stereocenters. The summed E-state index contributed by atoms with van der Waals surface area (Å²) in [5, 5.41) is 23.3. The summed E-state index contributed by atoms with van der Waals surface area (Å²) in [7, 11) is 0. The van der Waals surface area contributed by atoms with Gasteiger partial charge in [-0.15, -0.1) is 0 Å². The molecular formula is C66H113NO3. The molecule has 0 aromatic carbocycles. The third-order valence-electron chi connectivity index (χ3n) is 13.0. The lowest BCUT2D eigenvalue weighted by atomic mass is 10.0. The Labute approximate surface area is 435 Å². The molecule has 1 amide bonds. The number of aliphatic hydroxyl groups excluding tert-OH is 2. The fourth-order valence-electron chi connectivity index (χ4n) is 8.51. The van der Waals surface area contributed by atoms with Crippen molar-refractivity contribution < 1.29 is 15.0 Å². The van der Waals surface area contributed by atoms with Crippen LogP contribution in [0, 0.1) is 0 Å². The zero-order valence-electron chi connectivity index (χ0n) is 46.0. The Hall–Kier alpha value is -3.21. The van der Waals surface area contributed by atoms with E-state index in [1.807, 2.05) is 0 Å². The average molecular weight is 969 g/mol. The molecule has 0 saturated carbocycles. The second-order valence-corrected chi connectivity index (χ2v) is 19.7. The fourth-order valence-corrected chi connectivity index (χ4v) is 8.51. The van der Waals surface area contributed by atoms with E-state index in [1.165, 1.54) is 135 Å². The molecule has 0 rings (SSSR count). The van der Waals surface area contributed by atoms with E-state index >= 15 is 0 Å². The topological polar surface area (TPSA) is 69.6 Å². The maximum absolute atomic E-state index is 12.5. The molecule has 0 aromatic heterocycles. The van der Waals surface area contributed by atoms with E-state index in [2.05, 4.69) is 141 Å². The Morgan fingerprint density at radius 1 is 0.357 bits per heavy atom. The van der Waals surface area contributed by atoms with Gasteiger partial charge in [0.15, 0.2) is 0 Å². The van der Waals surface area contributed by atoms with Gasteiger partial charge in [-0.05, 0) is 89.9 Å². The van der Waals surface area contributed by atoms with Gasteiger partial charge in [-0.2, -0.15) is 0 Å². The Bertz CT molecular complexity index is 1380. The van der Waals surface area contributed by atoms with Crippen molar-refractivity contribution in [2.45, 2.75) is 283 Å². The minimum absolute atomic E-state index is 0.0581. The summed E-state index contributed by atoms with van der Waals surface area (Å²) in [6, 6.07) is -0.560. The van der Waals surface area contributed by atoms with E-state index < -0.39 is 12.1 Å². The highest BCUT2D eigenvalue weighted by Gasteiger charge is 2.20. The highest BCUT2D eigenvalue weighted by molar-refractivity contribution is 5.76. The lowest BCUT2D eigenvalue weighted by Gasteiger charge is -2.22. The first-order valence-electron chi connectivity index (χ1n) is 29.7. The van der Waals surface area contributed by atoms with Crippen LogP contribution in [0.3, 0.4) is 0 Å². The average Bonchev–Trinajstić information content (AvgIpc) is 3.36. The van der Waals surface area contributed by atoms with Crippen LogP contribution < -0.4 is 5.32 Å². The van der Waals surface area contributed by atoms with E-state index in [9.17, 15) is 15.0 Å². The second-order valence-electron chi connectivity index (χ2n) is 19.7. The van der Waals surface area contributed by atoms with Crippen LogP contribution in [-0.2, 0) is 4.79 Å². The van der Waals surface area contributed by atoms with Gasteiger partial charge in [-0.1, -0.05) is 296 Å². The minimum Gasteiger partial charge on any atom is -0.394 e. The van der Waals surface area contributed by atoms with Crippen molar-refractivity contribution in [3.8, 4) is 0 Å². The molecule has 0 aliphatic carbocycles. The molecule has 4 heteroatoms. The van der Waals surface area contributed by atoms with E-state index in [4.69, 9.17) is 0 Å². The molecule has 0 aliphatic heterocycles. The molecule has 0 spiro atoms. The summed E-state index contributed by atoms with van der Waals surface area (Å²) in [4.78, 5) is 12.5. The van der Waals surface area contributed by atoms with Gasteiger partial charge in [0.2, 0.25) is 5.91 Å². The summed E-state index contributed by atoms with van der Waals surface area (Å²) in [6.07, 6.45) is 91.9. The van der Waals surface area contributed by atoms with E-state index in [0.29, 0.717) is 12.8 Å². The molecule has 0 saturated heterocycles. The molecule has 3 N–H and O–H groups in total. The molecule has 0 aromatic rings. The summed E-state index contributed by atoms with van der Waals surface area (Å²) in [5.41, 5.74) is 0. The SMILES string of the molecule is CC/C=C\C/C=C\C/C=C\C/C=C\C/C=C\C/C=C\C/C=C\C/C=C\C/C=C\C/C=C\CCCCCCC(=O)NC(CO)C(O)CCCCCCCCCCCCCCCCCCCCCCCCC. The van der Waals surface area contributed by atoms with Gasteiger partial charge in [0, 0.05) is 6.42 Å². The monoisotopic (exact) mass is 968 g/mol. The Balaban J connectivity index is 3.62. The molecule has 0 fully saturated rings. The van der Waals surface area contributed by atoms with Gasteiger partial charge in [0.25, 0.3) is 0 Å². The number of amides is 1. The van der Waals surface area contributed by atoms with Gasteiger partial charge < -0.3 is 15.5 Å². The molecule has 70 heavy (non-hydrogen) atoms. The quantitative estimate of drug-likeness (QED) is 0.0420. The number of nitrogens with one attached hydrogen (secondary N) is 1. The third kappa shape index (κ3) is 55.7. The second kappa shape index (κ2) is 60.1. The maximum Gasteiger partial charge on any atom is 0.220 e. The number of carbonyl (C=O) groups excluding carboxylic acids is 1. The van der Waals surface area contributed by atoms with Gasteiger partial charge in [-0.25, -0.2) is 0 Å². The lowest BCUT2D eigenvalue weighted by molar-refractivity contribution is -0.123. The Morgan fingerprint density at radius 2 is 0.629 bits per heavy atom. The molecule has 0 aliphatic rings. The summed E-state index contributed by atoms with van der Waals surface area (Å²) in [5.74, 6) is -0.0581. The van der Waals surface area contributed by atoms with Crippen molar-refractivity contribution >= 4 is 5.91 Å². The first kappa shape index (κ1) is 66.8. The third-order valence-corrected chi connectivity index (χ3v) is 13.0. The van der Waals surface area contributed by atoms with Gasteiger partial charge in [0.1, 0.15) is 0 Å². The van der Waals surface area contributed by atoms with Crippen LogP contribution in [0.5, 0.6) is 0 Å². The van der Waals surface area contributed by atoms with Crippen LogP contribution in [0.2, 0.25) is 0 Å². The van der Waals surface area contributed by atoms with Crippen LogP contribution in [0.4, 0.5) is 0 Å². The van der Waals surface area contributed by atoms with Gasteiger partial charge in [0.05, 0.1) is 18.8 Å². The van der Waals surface area contributed by atoms with Crippen LogP contribution in [-0.4, -0.2) is 34.9 Å². The standard InChI is InChI=1S/C66H113NO3/c1-3-5-7-9-11-13-15-17-19-21-23-25-27-28-29-30-31-32-33-34-35-36-37-38-40-42-44-46-48-50-52-54-56-58-60-62-66(70)67-64(63-68)65(69)61-59-57-55-53-51-49-47-45-43-41-39-26-24-22-20-18-16-14-12-10-8-6-4-2/h5,7,11,13,17,19,23,25,28-29,31-32,34-35,37-38,42,44,48,50,64-65,68-69H,3-4,6,8-10,12,14-16,18,20-22,24,26-27,30,33,36,39-41,43,45-47,49,51-63H2,1-2H3,(H,67,70)/b7-5-,13-11-,19-17-,25-23-,29-28-,32-31-,35-34-,38-37-,44-42-,50-48-. The van der Waals surface area contributed by atoms with Crippen molar-refractivity contribution in [3.05, 3.63) is 122 Å². The van der Waals surface area contributed by atoms with Crippen molar-refractivity contribution in [2.75, 3.05) is 6.61 Å². The molecule has 0 heterocycles. The Kier molecular flexibility index (Phi) is 57.3. The van der Waals surface area contributed by atoms with Crippen LogP contribution in [0.25, 0.3) is 0 Å². The van der Waals surface area contributed by atoms with Crippen LogP contribution in [0.1, 0.15) is 271 Å². The van der Waals surface area contributed by atoms with E-state index in [-0.39, 0.29) is 12.5 Å².